The number of halogens is 1. The standard InChI is InChI=1S/C13H16BrNO2/c14-10-13(6-8-17-9-7-13)15-12(16)11-4-2-1-3-5-11/h1-5H,6-10H2,(H,15,16). The van der Waals surface area contributed by atoms with Crippen molar-refractivity contribution in [1.82, 2.24) is 5.32 Å². The highest BCUT2D eigenvalue weighted by molar-refractivity contribution is 9.09. The van der Waals surface area contributed by atoms with Gasteiger partial charge in [-0.25, -0.2) is 0 Å². The molecule has 1 amide bonds. The van der Waals surface area contributed by atoms with E-state index in [4.69, 9.17) is 4.74 Å². The van der Waals surface area contributed by atoms with E-state index < -0.39 is 0 Å². The molecule has 2 rings (SSSR count). The van der Waals surface area contributed by atoms with Gasteiger partial charge in [0.2, 0.25) is 0 Å². The quantitative estimate of drug-likeness (QED) is 0.870. The molecule has 4 heteroatoms. The van der Waals surface area contributed by atoms with E-state index >= 15 is 0 Å². The van der Waals surface area contributed by atoms with Crippen LogP contribution >= 0.6 is 15.9 Å². The van der Waals surface area contributed by atoms with Crippen LogP contribution in [0.25, 0.3) is 0 Å². The van der Waals surface area contributed by atoms with Crippen molar-refractivity contribution in [3.8, 4) is 0 Å². The van der Waals surface area contributed by atoms with Crippen molar-refractivity contribution < 1.29 is 9.53 Å². The lowest BCUT2D eigenvalue weighted by Gasteiger charge is -2.36. The first-order valence-electron chi connectivity index (χ1n) is 5.77. The van der Waals surface area contributed by atoms with Gasteiger partial charge in [0, 0.05) is 24.1 Å². The number of benzene rings is 1. The first-order valence-corrected chi connectivity index (χ1v) is 6.89. The minimum Gasteiger partial charge on any atom is -0.381 e. The molecule has 0 spiro atoms. The van der Waals surface area contributed by atoms with E-state index in [0.29, 0.717) is 18.8 Å². The van der Waals surface area contributed by atoms with Crippen molar-refractivity contribution in [3.05, 3.63) is 35.9 Å². The number of rotatable bonds is 3. The van der Waals surface area contributed by atoms with Crippen LogP contribution in [0.2, 0.25) is 0 Å². The molecular formula is C13H16BrNO2. The molecule has 17 heavy (non-hydrogen) atoms. The summed E-state index contributed by atoms with van der Waals surface area (Å²) in [7, 11) is 0. The summed E-state index contributed by atoms with van der Waals surface area (Å²) in [6.45, 7) is 1.42. The summed E-state index contributed by atoms with van der Waals surface area (Å²) in [5.41, 5.74) is 0.546. The Balaban J connectivity index is 2.06. The molecule has 0 saturated carbocycles. The molecule has 1 aromatic rings. The summed E-state index contributed by atoms with van der Waals surface area (Å²) in [6.07, 6.45) is 1.72. The van der Waals surface area contributed by atoms with Crippen LogP contribution in [0.3, 0.4) is 0 Å². The van der Waals surface area contributed by atoms with Gasteiger partial charge in [0.05, 0.1) is 5.54 Å². The maximum absolute atomic E-state index is 12.1. The average Bonchev–Trinajstić information content (AvgIpc) is 2.41. The molecule has 1 saturated heterocycles. The summed E-state index contributed by atoms with van der Waals surface area (Å²) in [6, 6.07) is 9.32. The third-order valence-corrected chi connectivity index (χ3v) is 4.19. The summed E-state index contributed by atoms with van der Waals surface area (Å²) in [5, 5.41) is 3.90. The molecule has 1 heterocycles. The van der Waals surface area contributed by atoms with Gasteiger partial charge in [0.1, 0.15) is 0 Å². The first-order chi connectivity index (χ1) is 8.26. The number of alkyl halides is 1. The third-order valence-electron chi connectivity index (χ3n) is 3.12. The fraction of sp³-hybridized carbons (Fsp3) is 0.462. The lowest BCUT2D eigenvalue weighted by atomic mass is 9.92. The smallest absolute Gasteiger partial charge is 0.251 e. The van der Waals surface area contributed by atoms with Gasteiger partial charge in [-0.2, -0.15) is 0 Å². The van der Waals surface area contributed by atoms with Crippen molar-refractivity contribution in [1.29, 1.82) is 0 Å². The van der Waals surface area contributed by atoms with E-state index in [1.807, 2.05) is 30.3 Å². The minimum absolute atomic E-state index is 0.00745. The molecule has 3 nitrogen and oxygen atoms in total. The van der Waals surface area contributed by atoms with Crippen molar-refractivity contribution in [3.63, 3.8) is 0 Å². The highest BCUT2D eigenvalue weighted by atomic mass is 79.9. The molecule has 0 aromatic heterocycles. The van der Waals surface area contributed by atoms with Gasteiger partial charge in [-0.1, -0.05) is 34.1 Å². The fourth-order valence-electron chi connectivity index (χ4n) is 1.96. The van der Waals surface area contributed by atoms with Gasteiger partial charge < -0.3 is 10.1 Å². The second-order valence-corrected chi connectivity index (χ2v) is 4.91. The first kappa shape index (κ1) is 12.6. The second-order valence-electron chi connectivity index (χ2n) is 4.35. The van der Waals surface area contributed by atoms with Crippen LogP contribution in [-0.2, 0) is 4.74 Å². The third kappa shape index (κ3) is 3.07. The lowest BCUT2D eigenvalue weighted by Crippen LogP contribution is -2.53. The van der Waals surface area contributed by atoms with Crippen LogP contribution in [0.4, 0.5) is 0 Å². The Labute approximate surface area is 110 Å². The Bertz CT molecular complexity index is 374. The molecule has 0 bridgehead atoms. The summed E-state index contributed by atoms with van der Waals surface area (Å²) < 4.78 is 5.34. The number of ether oxygens (including phenoxy) is 1. The van der Waals surface area contributed by atoms with Crippen LogP contribution < -0.4 is 5.32 Å². The predicted octanol–water partition coefficient (Wildman–Crippen LogP) is 2.36. The highest BCUT2D eigenvalue weighted by Gasteiger charge is 2.33. The number of hydrogen-bond acceptors (Lipinski definition) is 2. The number of carbonyl (C=O) groups is 1. The van der Waals surface area contributed by atoms with Gasteiger partial charge in [-0.05, 0) is 25.0 Å². The Morgan fingerprint density at radius 3 is 2.53 bits per heavy atom. The van der Waals surface area contributed by atoms with E-state index in [0.717, 1.165) is 18.2 Å². The van der Waals surface area contributed by atoms with Gasteiger partial charge >= 0.3 is 0 Å². The molecule has 1 aliphatic heterocycles. The lowest BCUT2D eigenvalue weighted by molar-refractivity contribution is 0.0442. The number of nitrogens with one attached hydrogen (secondary N) is 1. The van der Waals surface area contributed by atoms with E-state index in [1.54, 1.807) is 0 Å². The van der Waals surface area contributed by atoms with Crippen molar-refractivity contribution in [2.75, 3.05) is 18.5 Å². The number of carbonyl (C=O) groups excluding carboxylic acids is 1. The van der Waals surface area contributed by atoms with Crippen LogP contribution in [0, 0.1) is 0 Å². The average molecular weight is 298 g/mol. The molecule has 0 radical (unpaired) electrons. The van der Waals surface area contributed by atoms with Crippen molar-refractivity contribution in [2.45, 2.75) is 18.4 Å². The number of amides is 1. The SMILES string of the molecule is O=C(NC1(CBr)CCOCC1)c1ccccc1. The molecule has 1 fully saturated rings. The molecule has 92 valence electrons. The van der Waals surface area contributed by atoms with Gasteiger partial charge in [-0.3, -0.25) is 4.79 Å². The van der Waals surface area contributed by atoms with Crippen LogP contribution in [0.5, 0.6) is 0 Å². The zero-order valence-electron chi connectivity index (χ0n) is 9.62. The molecular weight excluding hydrogens is 282 g/mol. The molecule has 1 aromatic carbocycles. The summed E-state index contributed by atoms with van der Waals surface area (Å²) in [5.74, 6) is -0.00745. The largest absolute Gasteiger partial charge is 0.381 e. The van der Waals surface area contributed by atoms with Gasteiger partial charge in [0.25, 0.3) is 5.91 Å². The van der Waals surface area contributed by atoms with Crippen molar-refractivity contribution in [2.24, 2.45) is 0 Å². The van der Waals surface area contributed by atoms with Gasteiger partial charge in [-0.15, -0.1) is 0 Å². The van der Waals surface area contributed by atoms with Gasteiger partial charge in [0.15, 0.2) is 0 Å². The Hall–Kier alpha value is -0.870. The maximum Gasteiger partial charge on any atom is 0.251 e. The van der Waals surface area contributed by atoms with Crippen LogP contribution in [0.1, 0.15) is 23.2 Å². The Morgan fingerprint density at radius 2 is 1.94 bits per heavy atom. The monoisotopic (exact) mass is 297 g/mol. The summed E-state index contributed by atoms with van der Waals surface area (Å²) in [4.78, 5) is 12.1. The Kier molecular flexibility index (Phi) is 4.18. The van der Waals surface area contributed by atoms with E-state index in [1.165, 1.54) is 0 Å². The van der Waals surface area contributed by atoms with Crippen LogP contribution in [0.15, 0.2) is 30.3 Å². The molecule has 1 N–H and O–H groups in total. The van der Waals surface area contributed by atoms with E-state index in [-0.39, 0.29) is 11.4 Å². The molecule has 0 atom stereocenters. The van der Waals surface area contributed by atoms with E-state index in [2.05, 4.69) is 21.2 Å². The second kappa shape index (κ2) is 5.65. The Morgan fingerprint density at radius 1 is 1.29 bits per heavy atom. The van der Waals surface area contributed by atoms with Crippen molar-refractivity contribution >= 4 is 21.8 Å². The zero-order valence-corrected chi connectivity index (χ0v) is 11.2. The predicted molar refractivity (Wildman–Crippen MR) is 70.5 cm³/mol. The molecule has 0 aliphatic carbocycles. The fourth-order valence-corrected chi connectivity index (χ4v) is 2.66. The topological polar surface area (TPSA) is 38.3 Å². The summed E-state index contributed by atoms with van der Waals surface area (Å²) >= 11 is 3.50. The van der Waals surface area contributed by atoms with Crippen LogP contribution in [-0.4, -0.2) is 30.0 Å². The zero-order chi connectivity index (χ0) is 12.1. The maximum atomic E-state index is 12.1. The van der Waals surface area contributed by atoms with E-state index in [9.17, 15) is 4.79 Å². The normalized spacial score (nSPS) is 18.6. The highest BCUT2D eigenvalue weighted by Crippen LogP contribution is 2.23. The number of hydrogen-bond donors (Lipinski definition) is 1. The molecule has 0 unspecified atom stereocenters. The minimum atomic E-state index is -0.162. The molecule has 1 aliphatic rings.